The highest BCUT2D eigenvalue weighted by molar-refractivity contribution is 7.12. The number of hydrogen-bond acceptors (Lipinski definition) is 3. The van der Waals surface area contributed by atoms with Crippen LogP contribution in [0.25, 0.3) is 0 Å². The van der Waals surface area contributed by atoms with Crippen LogP contribution >= 0.6 is 11.3 Å². The number of rotatable bonds is 3. The first-order valence-electron chi connectivity index (χ1n) is 6.92. The van der Waals surface area contributed by atoms with Crippen molar-refractivity contribution in [2.75, 3.05) is 26.2 Å². The van der Waals surface area contributed by atoms with E-state index in [0.717, 1.165) is 37.6 Å². The van der Waals surface area contributed by atoms with Crippen molar-refractivity contribution in [3.8, 4) is 0 Å². The molecule has 0 N–H and O–H groups in total. The lowest BCUT2D eigenvalue weighted by molar-refractivity contribution is 0.0633. The number of amides is 1. The van der Waals surface area contributed by atoms with Crippen LogP contribution < -0.4 is 0 Å². The Morgan fingerprint density at radius 1 is 1.00 bits per heavy atom. The first-order valence-corrected chi connectivity index (χ1v) is 7.80. The Morgan fingerprint density at radius 2 is 1.75 bits per heavy atom. The molecule has 104 valence electrons. The molecule has 0 spiro atoms. The summed E-state index contributed by atoms with van der Waals surface area (Å²) in [5.41, 5.74) is 1.34. The molecule has 0 atom stereocenters. The fraction of sp³-hybridized carbons (Fsp3) is 0.312. The molecular weight excluding hydrogens is 268 g/mol. The summed E-state index contributed by atoms with van der Waals surface area (Å²) in [5.74, 6) is 0.180. The van der Waals surface area contributed by atoms with Crippen molar-refractivity contribution >= 4 is 17.2 Å². The highest BCUT2D eigenvalue weighted by Crippen LogP contribution is 2.14. The maximum atomic E-state index is 12.2. The number of nitrogens with zero attached hydrogens (tertiary/aromatic N) is 2. The van der Waals surface area contributed by atoms with E-state index in [9.17, 15) is 4.79 Å². The van der Waals surface area contributed by atoms with Gasteiger partial charge in [0.2, 0.25) is 0 Å². The third-order valence-electron chi connectivity index (χ3n) is 3.64. The van der Waals surface area contributed by atoms with Gasteiger partial charge in [-0.05, 0) is 17.0 Å². The van der Waals surface area contributed by atoms with Gasteiger partial charge in [-0.2, -0.15) is 0 Å². The number of hydrogen-bond donors (Lipinski definition) is 0. The molecule has 2 heterocycles. The fourth-order valence-electron chi connectivity index (χ4n) is 2.51. The zero-order chi connectivity index (χ0) is 13.8. The molecule has 1 aromatic carbocycles. The van der Waals surface area contributed by atoms with Crippen LogP contribution in [-0.4, -0.2) is 41.9 Å². The molecule has 1 aliphatic heterocycles. The van der Waals surface area contributed by atoms with Gasteiger partial charge in [0.1, 0.15) is 0 Å². The van der Waals surface area contributed by atoms with Gasteiger partial charge in [-0.15, -0.1) is 11.3 Å². The Bertz CT molecular complexity index is 545. The third-order valence-corrected chi connectivity index (χ3v) is 4.50. The van der Waals surface area contributed by atoms with Crippen molar-refractivity contribution in [3.63, 3.8) is 0 Å². The third kappa shape index (κ3) is 3.08. The predicted octanol–water partition coefficient (Wildman–Crippen LogP) is 2.71. The van der Waals surface area contributed by atoms with Gasteiger partial charge in [0, 0.05) is 32.7 Å². The molecule has 3 nitrogen and oxygen atoms in total. The van der Waals surface area contributed by atoms with Gasteiger partial charge in [0.05, 0.1) is 4.88 Å². The Labute approximate surface area is 123 Å². The van der Waals surface area contributed by atoms with Gasteiger partial charge >= 0.3 is 0 Å². The quantitative estimate of drug-likeness (QED) is 0.866. The molecule has 0 radical (unpaired) electrons. The number of thiophene rings is 1. The number of piperazine rings is 1. The molecule has 2 aromatic rings. The Balaban J connectivity index is 1.53. The molecule has 0 aliphatic carbocycles. The molecular formula is C16H18N2OS. The zero-order valence-corrected chi connectivity index (χ0v) is 12.2. The highest BCUT2D eigenvalue weighted by Gasteiger charge is 2.22. The lowest BCUT2D eigenvalue weighted by Gasteiger charge is -2.34. The second-order valence-corrected chi connectivity index (χ2v) is 5.98. The van der Waals surface area contributed by atoms with Crippen LogP contribution in [0.5, 0.6) is 0 Å². The Morgan fingerprint density at radius 3 is 2.40 bits per heavy atom. The van der Waals surface area contributed by atoms with Crippen molar-refractivity contribution in [1.29, 1.82) is 0 Å². The van der Waals surface area contributed by atoms with E-state index in [1.165, 1.54) is 16.9 Å². The van der Waals surface area contributed by atoms with Crippen LogP contribution in [0.3, 0.4) is 0 Å². The molecule has 0 unspecified atom stereocenters. The van der Waals surface area contributed by atoms with Gasteiger partial charge in [-0.1, -0.05) is 36.4 Å². The minimum absolute atomic E-state index is 0.180. The number of carbonyl (C=O) groups excluding carboxylic acids is 1. The molecule has 0 saturated carbocycles. The van der Waals surface area contributed by atoms with Crippen LogP contribution in [0.15, 0.2) is 47.8 Å². The molecule has 1 saturated heterocycles. The van der Waals surface area contributed by atoms with E-state index in [-0.39, 0.29) is 5.91 Å². The summed E-state index contributed by atoms with van der Waals surface area (Å²) in [4.78, 5) is 17.5. The minimum Gasteiger partial charge on any atom is -0.335 e. The van der Waals surface area contributed by atoms with Crippen LogP contribution in [0.4, 0.5) is 0 Å². The van der Waals surface area contributed by atoms with Gasteiger partial charge < -0.3 is 4.90 Å². The van der Waals surface area contributed by atoms with Gasteiger partial charge in [0.25, 0.3) is 5.91 Å². The maximum Gasteiger partial charge on any atom is 0.264 e. The maximum absolute atomic E-state index is 12.2. The van der Waals surface area contributed by atoms with Crippen molar-refractivity contribution < 1.29 is 4.79 Å². The van der Waals surface area contributed by atoms with Crippen LogP contribution in [0.1, 0.15) is 15.2 Å². The zero-order valence-electron chi connectivity index (χ0n) is 11.4. The summed E-state index contributed by atoms with van der Waals surface area (Å²) in [5, 5.41) is 1.96. The summed E-state index contributed by atoms with van der Waals surface area (Å²) in [7, 11) is 0. The highest BCUT2D eigenvalue weighted by atomic mass is 32.1. The van der Waals surface area contributed by atoms with E-state index in [1.54, 1.807) is 0 Å². The molecule has 1 aliphatic rings. The molecule has 4 heteroatoms. The molecule has 1 aromatic heterocycles. The molecule has 0 bridgehead atoms. The second kappa shape index (κ2) is 6.20. The average molecular weight is 286 g/mol. The lowest BCUT2D eigenvalue weighted by atomic mass is 10.2. The normalized spacial score (nSPS) is 16.3. The monoisotopic (exact) mass is 286 g/mol. The van der Waals surface area contributed by atoms with E-state index in [4.69, 9.17) is 0 Å². The predicted molar refractivity (Wildman–Crippen MR) is 81.9 cm³/mol. The first kappa shape index (κ1) is 13.3. The van der Waals surface area contributed by atoms with Crippen LogP contribution in [0.2, 0.25) is 0 Å². The molecule has 3 rings (SSSR count). The summed E-state index contributed by atoms with van der Waals surface area (Å²) in [6.07, 6.45) is 0. The van der Waals surface area contributed by atoms with Gasteiger partial charge in [-0.25, -0.2) is 0 Å². The summed E-state index contributed by atoms with van der Waals surface area (Å²) in [6.45, 7) is 4.52. The van der Waals surface area contributed by atoms with Crippen molar-refractivity contribution in [1.82, 2.24) is 9.80 Å². The number of benzene rings is 1. The lowest BCUT2D eigenvalue weighted by Crippen LogP contribution is -2.48. The van der Waals surface area contributed by atoms with Crippen LogP contribution in [-0.2, 0) is 6.54 Å². The molecule has 20 heavy (non-hydrogen) atoms. The second-order valence-electron chi connectivity index (χ2n) is 5.03. The van der Waals surface area contributed by atoms with E-state index in [0.29, 0.717) is 0 Å². The standard InChI is InChI=1S/C16H18N2OS/c19-16(15-7-4-12-20-15)18-10-8-17(9-11-18)13-14-5-2-1-3-6-14/h1-7,12H,8-11,13H2. The van der Waals surface area contributed by atoms with E-state index in [2.05, 4.69) is 29.2 Å². The van der Waals surface area contributed by atoms with Crippen molar-refractivity contribution in [2.45, 2.75) is 6.54 Å². The summed E-state index contributed by atoms with van der Waals surface area (Å²) in [6, 6.07) is 14.3. The van der Waals surface area contributed by atoms with Crippen LogP contribution in [0, 0.1) is 0 Å². The number of carbonyl (C=O) groups is 1. The smallest absolute Gasteiger partial charge is 0.264 e. The largest absolute Gasteiger partial charge is 0.335 e. The van der Waals surface area contributed by atoms with Crippen molar-refractivity contribution in [3.05, 3.63) is 58.3 Å². The SMILES string of the molecule is O=C(c1cccs1)N1CCN(Cc2ccccc2)CC1. The van der Waals surface area contributed by atoms with Gasteiger partial charge in [-0.3, -0.25) is 9.69 Å². The first-order chi connectivity index (χ1) is 9.83. The Hall–Kier alpha value is -1.65. The van der Waals surface area contributed by atoms with Gasteiger partial charge in [0.15, 0.2) is 0 Å². The summed E-state index contributed by atoms with van der Waals surface area (Å²) < 4.78 is 0. The van der Waals surface area contributed by atoms with Crippen molar-refractivity contribution in [2.24, 2.45) is 0 Å². The van der Waals surface area contributed by atoms with E-state index >= 15 is 0 Å². The molecule has 1 amide bonds. The van der Waals surface area contributed by atoms with E-state index < -0.39 is 0 Å². The fourth-order valence-corrected chi connectivity index (χ4v) is 3.20. The summed E-state index contributed by atoms with van der Waals surface area (Å²) >= 11 is 1.52. The topological polar surface area (TPSA) is 23.6 Å². The minimum atomic E-state index is 0.180. The Kier molecular flexibility index (Phi) is 4.14. The van der Waals surface area contributed by atoms with E-state index in [1.807, 2.05) is 28.5 Å². The average Bonchev–Trinajstić information content (AvgIpc) is 3.03. The molecule has 1 fully saturated rings.